The van der Waals surface area contributed by atoms with Crippen molar-refractivity contribution in [3.05, 3.63) is 28.8 Å². The van der Waals surface area contributed by atoms with E-state index < -0.39 is 0 Å². The number of ether oxygens (including phenoxy) is 2. The summed E-state index contributed by atoms with van der Waals surface area (Å²) in [6, 6.07) is 5.26. The molecule has 3 rings (SSSR count). The molecule has 8 nitrogen and oxygen atoms in total. The minimum Gasteiger partial charge on any atom is -0.497 e. The Balaban J connectivity index is 1.62. The van der Waals surface area contributed by atoms with E-state index in [-0.39, 0.29) is 18.4 Å². The number of benzene rings is 1. The van der Waals surface area contributed by atoms with Gasteiger partial charge in [0.15, 0.2) is 5.13 Å². The molecule has 2 aromatic rings. The van der Waals surface area contributed by atoms with E-state index in [0.717, 1.165) is 23.5 Å². The third-order valence-electron chi connectivity index (χ3n) is 4.14. The number of nitrogens with one attached hydrogen (secondary N) is 2. The van der Waals surface area contributed by atoms with E-state index in [0.29, 0.717) is 28.9 Å². The number of amides is 2. The third-order valence-corrected chi connectivity index (χ3v) is 5.14. The smallest absolute Gasteiger partial charge is 0.238 e. The van der Waals surface area contributed by atoms with Crippen LogP contribution in [0.25, 0.3) is 0 Å². The zero-order valence-corrected chi connectivity index (χ0v) is 16.3. The van der Waals surface area contributed by atoms with Gasteiger partial charge in [0.05, 0.1) is 32.1 Å². The molecule has 0 aliphatic carbocycles. The number of rotatable bonds is 6. The minimum absolute atomic E-state index is 0.128. The molecule has 0 saturated heterocycles. The lowest BCUT2D eigenvalue weighted by Crippen LogP contribution is -2.36. The van der Waals surface area contributed by atoms with Crippen LogP contribution in [-0.4, -0.2) is 49.0 Å². The van der Waals surface area contributed by atoms with Crippen LogP contribution in [0.3, 0.4) is 0 Å². The average molecular weight is 390 g/mol. The second-order valence-electron chi connectivity index (χ2n) is 6.15. The second kappa shape index (κ2) is 8.36. The predicted molar refractivity (Wildman–Crippen MR) is 104 cm³/mol. The summed E-state index contributed by atoms with van der Waals surface area (Å²) in [5.74, 6) is 0.956. The summed E-state index contributed by atoms with van der Waals surface area (Å²) < 4.78 is 10.5. The zero-order valence-electron chi connectivity index (χ0n) is 15.5. The second-order valence-corrected chi connectivity index (χ2v) is 7.23. The van der Waals surface area contributed by atoms with Gasteiger partial charge >= 0.3 is 0 Å². The lowest BCUT2D eigenvalue weighted by molar-refractivity contribution is -0.117. The monoisotopic (exact) mass is 390 g/mol. The first-order valence-electron chi connectivity index (χ1n) is 8.49. The van der Waals surface area contributed by atoms with E-state index in [4.69, 9.17) is 9.47 Å². The summed E-state index contributed by atoms with van der Waals surface area (Å²) in [6.07, 6.45) is 0.751. The van der Waals surface area contributed by atoms with Crippen molar-refractivity contribution in [2.75, 3.05) is 37.9 Å². The van der Waals surface area contributed by atoms with Crippen LogP contribution in [-0.2, 0) is 22.6 Å². The van der Waals surface area contributed by atoms with Crippen molar-refractivity contribution in [1.82, 2.24) is 9.88 Å². The number of carbonyl (C=O) groups is 2. The summed E-state index contributed by atoms with van der Waals surface area (Å²) in [5.41, 5.74) is 1.57. The Bertz CT molecular complexity index is 852. The zero-order chi connectivity index (χ0) is 19.4. The molecular formula is C18H22N4O4S. The van der Waals surface area contributed by atoms with E-state index in [1.54, 1.807) is 32.4 Å². The van der Waals surface area contributed by atoms with Crippen molar-refractivity contribution in [2.24, 2.45) is 0 Å². The molecule has 2 amide bonds. The maximum Gasteiger partial charge on any atom is 0.238 e. The molecule has 0 bridgehead atoms. The lowest BCUT2D eigenvalue weighted by atomic mass is 10.2. The van der Waals surface area contributed by atoms with Gasteiger partial charge in [-0.05, 0) is 12.1 Å². The Morgan fingerprint density at radius 3 is 2.78 bits per heavy atom. The van der Waals surface area contributed by atoms with Crippen molar-refractivity contribution in [3.63, 3.8) is 0 Å². The van der Waals surface area contributed by atoms with Gasteiger partial charge in [0, 0.05) is 37.4 Å². The summed E-state index contributed by atoms with van der Waals surface area (Å²) in [5, 5.41) is 6.21. The highest BCUT2D eigenvalue weighted by Crippen LogP contribution is 2.30. The van der Waals surface area contributed by atoms with Crippen LogP contribution in [0.2, 0.25) is 0 Å². The summed E-state index contributed by atoms with van der Waals surface area (Å²) in [7, 11) is 3.13. The number of aromatic nitrogens is 1. The van der Waals surface area contributed by atoms with Gasteiger partial charge < -0.3 is 20.1 Å². The van der Waals surface area contributed by atoms with Crippen LogP contribution < -0.4 is 20.1 Å². The molecular weight excluding hydrogens is 368 g/mol. The molecule has 1 aromatic carbocycles. The standard InChI is InChI=1S/C18H22N4O4S/c1-11(23)19-18-21-13-6-7-22(9-16(13)27-18)10-17(24)20-14-8-12(25-2)4-5-15(14)26-3/h4-5,8H,6-7,9-10H2,1-3H3,(H,20,24)(H,19,21,23). The fraction of sp³-hybridized carbons (Fsp3) is 0.389. The van der Waals surface area contributed by atoms with E-state index in [2.05, 4.69) is 20.5 Å². The first-order valence-corrected chi connectivity index (χ1v) is 9.30. The first-order chi connectivity index (χ1) is 13.0. The van der Waals surface area contributed by atoms with Gasteiger partial charge in [0.25, 0.3) is 0 Å². The Hall–Kier alpha value is -2.65. The fourth-order valence-corrected chi connectivity index (χ4v) is 3.99. The highest BCUT2D eigenvalue weighted by atomic mass is 32.1. The molecule has 1 aliphatic heterocycles. The van der Waals surface area contributed by atoms with E-state index in [9.17, 15) is 9.59 Å². The van der Waals surface area contributed by atoms with Crippen LogP contribution in [0.4, 0.5) is 10.8 Å². The average Bonchev–Trinajstić information content (AvgIpc) is 3.02. The summed E-state index contributed by atoms with van der Waals surface area (Å²) in [4.78, 5) is 31.3. The highest BCUT2D eigenvalue weighted by molar-refractivity contribution is 7.15. The molecule has 0 fully saturated rings. The number of methoxy groups -OCH3 is 2. The molecule has 27 heavy (non-hydrogen) atoms. The molecule has 2 N–H and O–H groups in total. The van der Waals surface area contributed by atoms with Crippen molar-refractivity contribution in [3.8, 4) is 11.5 Å². The molecule has 1 aromatic heterocycles. The van der Waals surface area contributed by atoms with Gasteiger partial charge in [-0.2, -0.15) is 0 Å². The van der Waals surface area contributed by atoms with Crippen molar-refractivity contribution in [1.29, 1.82) is 0 Å². The topological polar surface area (TPSA) is 92.8 Å². The number of fused-ring (bicyclic) bond motifs is 1. The minimum atomic E-state index is -0.135. The SMILES string of the molecule is COc1ccc(OC)c(NC(=O)CN2CCc3nc(NC(C)=O)sc3C2)c1. The van der Waals surface area contributed by atoms with Crippen LogP contribution >= 0.6 is 11.3 Å². The molecule has 0 unspecified atom stereocenters. The maximum absolute atomic E-state index is 12.5. The first kappa shape index (κ1) is 19.1. The van der Waals surface area contributed by atoms with Gasteiger partial charge in [0.1, 0.15) is 11.5 Å². The Morgan fingerprint density at radius 1 is 1.26 bits per heavy atom. The molecule has 0 radical (unpaired) electrons. The highest BCUT2D eigenvalue weighted by Gasteiger charge is 2.23. The number of carbonyl (C=O) groups excluding carboxylic acids is 2. The maximum atomic E-state index is 12.5. The Kier molecular flexibility index (Phi) is 5.92. The Labute approximate surface area is 161 Å². The molecule has 2 heterocycles. The van der Waals surface area contributed by atoms with E-state index in [1.165, 1.54) is 18.3 Å². The normalized spacial score (nSPS) is 13.6. The molecule has 9 heteroatoms. The number of anilines is 2. The van der Waals surface area contributed by atoms with Crippen LogP contribution in [0.15, 0.2) is 18.2 Å². The number of thiazole rings is 1. The predicted octanol–water partition coefficient (Wildman–Crippen LogP) is 2.12. The van der Waals surface area contributed by atoms with Gasteiger partial charge in [-0.25, -0.2) is 4.98 Å². The van der Waals surface area contributed by atoms with Gasteiger partial charge in [-0.3, -0.25) is 14.5 Å². The van der Waals surface area contributed by atoms with Crippen molar-refractivity contribution >= 4 is 34.0 Å². The number of hydrogen-bond acceptors (Lipinski definition) is 7. The van der Waals surface area contributed by atoms with E-state index in [1.807, 2.05) is 0 Å². The van der Waals surface area contributed by atoms with Gasteiger partial charge in [-0.15, -0.1) is 11.3 Å². The number of nitrogens with zero attached hydrogens (tertiary/aromatic N) is 2. The summed E-state index contributed by atoms with van der Waals surface area (Å²) >= 11 is 1.46. The third kappa shape index (κ3) is 4.75. The van der Waals surface area contributed by atoms with Gasteiger partial charge in [0.2, 0.25) is 11.8 Å². The summed E-state index contributed by atoms with van der Waals surface area (Å²) in [6.45, 7) is 3.09. The van der Waals surface area contributed by atoms with Gasteiger partial charge in [-0.1, -0.05) is 0 Å². The largest absolute Gasteiger partial charge is 0.497 e. The molecule has 0 spiro atoms. The molecule has 0 saturated carbocycles. The van der Waals surface area contributed by atoms with Crippen LogP contribution in [0.1, 0.15) is 17.5 Å². The molecule has 0 atom stereocenters. The molecule has 144 valence electrons. The van der Waals surface area contributed by atoms with Crippen LogP contribution in [0, 0.1) is 0 Å². The molecule has 1 aliphatic rings. The lowest BCUT2D eigenvalue weighted by Gasteiger charge is -2.25. The quantitative estimate of drug-likeness (QED) is 0.785. The number of hydrogen-bond donors (Lipinski definition) is 2. The van der Waals surface area contributed by atoms with E-state index >= 15 is 0 Å². The Morgan fingerprint density at radius 2 is 2.07 bits per heavy atom. The van der Waals surface area contributed by atoms with Crippen LogP contribution in [0.5, 0.6) is 11.5 Å². The van der Waals surface area contributed by atoms with Crippen molar-refractivity contribution < 1.29 is 19.1 Å². The fourth-order valence-electron chi connectivity index (χ4n) is 2.89. The van der Waals surface area contributed by atoms with Crippen molar-refractivity contribution in [2.45, 2.75) is 19.9 Å².